The first-order chi connectivity index (χ1) is 13.9. The molecule has 0 atom stereocenters. The molecule has 4 aromatic rings. The van der Waals surface area contributed by atoms with Crippen molar-refractivity contribution >= 4 is 26.4 Å². The summed E-state index contributed by atoms with van der Waals surface area (Å²) < 4.78 is 29.7. The van der Waals surface area contributed by atoms with E-state index in [1.807, 2.05) is 37.3 Å². The second-order valence-corrected chi connectivity index (χ2v) is 8.57. The first-order valence-corrected chi connectivity index (χ1v) is 10.7. The van der Waals surface area contributed by atoms with E-state index in [-0.39, 0.29) is 18.0 Å². The minimum absolute atomic E-state index is 0.0737. The van der Waals surface area contributed by atoms with Gasteiger partial charge in [0.05, 0.1) is 10.6 Å². The Balaban J connectivity index is 1.91. The van der Waals surface area contributed by atoms with Crippen LogP contribution in [-0.4, -0.2) is 46.5 Å². The lowest BCUT2D eigenvalue weighted by Crippen LogP contribution is -2.26. The fourth-order valence-electron chi connectivity index (χ4n) is 3.30. The van der Waals surface area contributed by atoms with E-state index in [9.17, 15) is 8.42 Å². The molecule has 29 heavy (non-hydrogen) atoms. The molecule has 8 nitrogen and oxygen atoms in total. The minimum Gasteiger partial charge on any atom is -0.396 e. The maximum Gasteiger partial charge on any atom is 0.240 e. The van der Waals surface area contributed by atoms with Crippen LogP contribution in [0.25, 0.3) is 27.7 Å². The fourth-order valence-corrected chi connectivity index (χ4v) is 4.64. The first kappa shape index (κ1) is 19.4. The predicted molar refractivity (Wildman–Crippen MR) is 110 cm³/mol. The first-order valence-electron chi connectivity index (χ1n) is 9.24. The van der Waals surface area contributed by atoms with Gasteiger partial charge in [-0.3, -0.25) is 0 Å². The number of hydrogen-bond donors (Lipinski definition) is 2. The Bertz CT molecular complexity index is 1310. The molecule has 0 spiro atoms. The number of aliphatic hydroxyl groups is 1. The smallest absolute Gasteiger partial charge is 0.240 e. The molecule has 9 heteroatoms. The average Bonchev–Trinajstić information content (AvgIpc) is 3.09. The Morgan fingerprint density at radius 1 is 1.07 bits per heavy atom. The summed E-state index contributed by atoms with van der Waals surface area (Å²) in [5.41, 5.74) is 2.63. The fraction of sp³-hybridized carbons (Fsp3) is 0.250. The number of aliphatic hydroxyl groups excluding tert-OH is 1. The van der Waals surface area contributed by atoms with Crippen LogP contribution in [0.15, 0.2) is 47.4 Å². The Labute approximate surface area is 168 Å². The SMILES string of the molecule is Cc1ccc(-c2nn3c(C)nnc3c3ccccc23)cc1S(=O)(=O)NCCCO. The number of nitrogens with one attached hydrogen (secondary N) is 1. The third-order valence-electron chi connectivity index (χ3n) is 4.80. The van der Waals surface area contributed by atoms with Gasteiger partial charge in [-0.15, -0.1) is 10.2 Å². The molecule has 0 amide bonds. The highest BCUT2D eigenvalue weighted by molar-refractivity contribution is 7.89. The van der Waals surface area contributed by atoms with E-state index in [4.69, 9.17) is 10.2 Å². The van der Waals surface area contributed by atoms with Crippen molar-refractivity contribution in [1.82, 2.24) is 24.5 Å². The van der Waals surface area contributed by atoms with Crippen LogP contribution in [0.1, 0.15) is 17.8 Å². The molecule has 2 aromatic carbocycles. The molecule has 0 aliphatic heterocycles. The van der Waals surface area contributed by atoms with Gasteiger partial charge in [-0.25, -0.2) is 13.1 Å². The normalized spacial score (nSPS) is 12.1. The van der Waals surface area contributed by atoms with Crippen LogP contribution in [0.5, 0.6) is 0 Å². The van der Waals surface area contributed by atoms with Gasteiger partial charge in [-0.2, -0.15) is 9.61 Å². The number of aromatic nitrogens is 4. The zero-order valence-corrected chi connectivity index (χ0v) is 16.9. The lowest BCUT2D eigenvalue weighted by molar-refractivity contribution is 0.289. The van der Waals surface area contributed by atoms with Crippen LogP contribution in [0.4, 0.5) is 0 Å². The molecule has 0 unspecified atom stereocenters. The molecule has 0 saturated carbocycles. The van der Waals surface area contributed by atoms with Crippen LogP contribution in [0.3, 0.4) is 0 Å². The van der Waals surface area contributed by atoms with Crippen molar-refractivity contribution in [3.8, 4) is 11.3 Å². The molecule has 0 fully saturated rings. The molecule has 0 aliphatic rings. The van der Waals surface area contributed by atoms with Crippen LogP contribution in [0.2, 0.25) is 0 Å². The van der Waals surface area contributed by atoms with Crippen molar-refractivity contribution in [2.45, 2.75) is 25.2 Å². The summed E-state index contributed by atoms with van der Waals surface area (Å²) in [5, 5.41) is 23.7. The highest BCUT2D eigenvalue weighted by Crippen LogP contribution is 2.31. The van der Waals surface area contributed by atoms with E-state index in [0.29, 0.717) is 34.7 Å². The lowest BCUT2D eigenvalue weighted by atomic mass is 10.0. The van der Waals surface area contributed by atoms with Gasteiger partial charge in [0.2, 0.25) is 10.0 Å². The molecule has 150 valence electrons. The number of fused-ring (bicyclic) bond motifs is 3. The van der Waals surface area contributed by atoms with Gasteiger partial charge in [-0.05, 0) is 31.9 Å². The third kappa shape index (κ3) is 3.48. The number of rotatable bonds is 6. The molecule has 2 aromatic heterocycles. The summed E-state index contributed by atoms with van der Waals surface area (Å²) in [4.78, 5) is 0.194. The minimum atomic E-state index is -3.71. The Hall–Kier alpha value is -2.88. The van der Waals surface area contributed by atoms with Gasteiger partial charge >= 0.3 is 0 Å². The van der Waals surface area contributed by atoms with E-state index in [1.54, 1.807) is 23.6 Å². The number of benzene rings is 2. The van der Waals surface area contributed by atoms with E-state index in [1.165, 1.54) is 0 Å². The molecular weight excluding hydrogens is 390 g/mol. The summed E-state index contributed by atoms with van der Waals surface area (Å²) in [6, 6.07) is 13.0. The molecular formula is C20H21N5O3S. The van der Waals surface area contributed by atoms with Crippen molar-refractivity contribution < 1.29 is 13.5 Å². The van der Waals surface area contributed by atoms with E-state index in [0.717, 1.165) is 10.8 Å². The second-order valence-electron chi connectivity index (χ2n) is 6.83. The molecule has 0 bridgehead atoms. The number of sulfonamides is 1. The Kier molecular flexibility index (Phi) is 5.03. The van der Waals surface area contributed by atoms with E-state index < -0.39 is 10.0 Å². The zero-order valence-electron chi connectivity index (χ0n) is 16.1. The second kappa shape index (κ2) is 7.51. The van der Waals surface area contributed by atoms with Gasteiger partial charge < -0.3 is 5.11 Å². The van der Waals surface area contributed by atoms with Crippen LogP contribution in [-0.2, 0) is 10.0 Å². The standard InChI is InChI=1S/C20H21N5O3S/c1-13-8-9-15(12-18(13)29(27,28)21-10-5-11-26)19-16-6-3-4-7-17(16)20-23-22-14(2)25(20)24-19/h3-4,6-9,12,21,26H,5,10-11H2,1-2H3. The van der Waals surface area contributed by atoms with Crippen LogP contribution >= 0.6 is 0 Å². The maximum atomic E-state index is 12.8. The highest BCUT2D eigenvalue weighted by Gasteiger charge is 2.19. The summed E-state index contributed by atoms with van der Waals surface area (Å²) in [5.74, 6) is 0.651. The average molecular weight is 411 g/mol. The summed E-state index contributed by atoms with van der Waals surface area (Å²) in [6.07, 6.45) is 0.355. The topological polar surface area (TPSA) is 109 Å². The Morgan fingerprint density at radius 2 is 1.83 bits per heavy atom. The Morgan fingerprint density at radius 3 is 2.59 bits per heavy atom. The number of hydrogen-bond acceptors (Lipinski definition) is 6. The summed E-state index contributed by atoms with van der Waals surface area (Å²) in [6.45, 7) is 3.68. The van der Waals surface area contributed by atoms with Crippen molar-refractivity contribution in [2.75, 3.05) is 13.2 Å². The van der Waals surface area contributed by atoms with Gasteiger partial charge in [0.1, 0.15) is 0 Å². The van der Waals surface area contributed by atoms with Gasteiger partial charge in [-0.1, -0.05) is 36.4 Å². The lowest BCUT2D eigenvalue weighted by Gasteiger charge is -2.12. The van der Waals surface area contributed by atoms with Crippen LogP contribution < -0.4 is 4.72 Å². The maximum absolute atomic E-state index is 12.8. The monoisotopic (exact) mass is 411 g/mol. The molecule has 0 saturated heterocycles. The molecule has 0 aliphatic carbocycles. The van der Waals surface area contributed by atoms with Gasteiger partial charge in [0.25, 0.3) is 0 Å². The molecule has 4 rings (SSSR count). The van der Waals surface area contributed by atoms with Crippen LogP contribution in [0, 0.1) is 13.8 Å². The van der Waals surface area contributed by atoms with E-state index >= 15 is 0 Å². The van der Waals surface area contributed by atoms with Crippen molar-refractivity contribution in [1.29, 1.82) is 0 Å². The summed E-state index contributed by atoms with van der Waals surface area (Å²) in [7, 11) is -3.71. The van der Waals surface area contributed by atoms with Crippen molar-refractivity contribution in [2.24, 2.45) is 0 Å². The quantitative estimate of drug-likeness (QED) is 0.471. The van der Waals surface area contributed by atoms with Gasteiger partial charge in [0, 0.05) is 29.5 Å². The zero-order chi connectivity index (χ0) is 20.6. The molecule has 2 heterocycles. The van der Waals surface area contributed by atoms with Crippen molar-refractivity contribution in [3.63, 3.8) is 0 Å². The summed E-state index contributed by atoms with van der Waals surface area (Å²) >= 11 is 0. The predicted octanol–water partition coefficient (Wildman–Crippen LogP) is 2.22. The molecule has 0 radical (unpaired) electrons. The highest BCUT2D eigenvalue weighted by atomic mass is 32.2. The van der Waals surface area contributed by atoms with Gasteiger partial charge in [0.15, 0.2) is 11.5 Å². The number of aryl methyl sites for hydroxylation is 2. The van der Waals surface area contributed by atoms with E-state index in [2.05, 4.69) is 14.9 Å². The molecule has 2 N–H and O–H groups in total. The largest absolute Gasteiger partial charge is 0.396 e. The van der Waals surface area contributed by atoms with Crippen molar-refractivity contribution in [3.05, 3.63) is 53.9 Å². The third-order valence-corrected chi connectivity index (χ3v) is 6.40. The number of nitrogens with zero attached hydrogens (tertiary/aromatic N) is 4.